The van der Waals surface area contributed by atoms with Gasteiger partial charge in [-0.2, -0.15) is 0 Å². The van der Waals surface area contributed by atoms with Crippen LogP contribution in [0.3, 0.4) is 0 Å². The zero-order chi connectivity index (χ0) is 25.4. The van der Waals surface area contributed by atoms with Crippen LogP contribution in [-0.2, 0) is 9.59 Å². The third-order valence-corrected chi connectivity index (χ3v) is 4.49. The zero-order valence-electron chi connectivity index (χ0n) is 19.3. The molecule has 0 saturated heterocycles. The van der Waals surface area contributed by atoms with Crippen LogP contribution >= 0.6 is 0 Å². The summed E-state index contributed by atoms with van der Waals surface area (Å²) in [6.07, 6.45) is 0. The van der Waals surface area contributed by atoms with Gasteiger partial charge in [-0.15, -0.1) is 0 Å². The van der Waals surface area contributed by atoms with Crippen LogP contribution in [0.4, 0.5) is 4.39 Å². The molecule has 172 valence electrons. The average Bonchev–Trinajstić information content (AvgIpc) is 2.83. The Morgan fingerprint density at radius 2 is 1.06 bits per heavy atom. The van der Waals surface area contributed by atoms with E-state index in [2.05, 4.69) is 36.8 Å². The Balaban J connectivity index is 1.66. The molecular weight excluding hydrogens is 443 g/mol. The minimum Gasteiger partial charge on any atom is -0.423 e. The molecule has 3 rings (SSSR count). The standard InChI is InChI=1S/C30H21FO4/c1-20(2)29(32)34-26-15-9-22(10-16-26)5-6-24-8-14-25(28(31)19-24)13-7-23-11-17-27(18-12-23)35-30(33)21(3)4/h8-12,14-19H,1,3H2,2,4H3. The quantitative estimate of drug-likeness (QED) is 0.219. The number of hydrogen-bond acceptors (Lipinski definition) is 4. The minimum absolute atomic E-state index is 0.233. The van der Waals surface area contributed by atoms with E-state index >= 15 is 0 Å². The van der Waals surface area contributed by atoms with Crippen molar-refractivity contribution in [2.24, 2.45) is 0 Å². The molecule has 0 aliphatic carbocycles. The maximum atomic E-state index is 14.5. The molecule has 3 aromatic rings. The second-order valence-electron chi connectivity index (χ2n) is 7.58. The SMILES string of the molecule is C=C(C)C(=O)Oc1ccc(C#Cc2ccc(C#Cc3ccc(OC(=O)C(=C)C)cc3)c(F)c2)cc1. The Labute approximate surface area is 203 Å². The van der Waals surface area contributed by atoms with Gasteiger partial charge in [0.15, 0.2) is 0 Å². The number of carbonyl (C=O) groups excluding carboxylic acids is 2. The van der Waals surface area contributed by atoms with Gasteiger partial charge < -0.3 is 9.47 Å². The number of esters is 2. The second kappa shape index (κ2) is 11.3. The van der Waals surface area contributed by atoms with Gasteiger partial charge in [0.1, 0.15) is 17.3 Å². The number of benzene rings is 3. The predicted molar refractivity (Wildman–Crippen MR) is 132 cm³/mol. The molecule has 0 aromatic heterocycles. The normalized spacial score (nSPS) is 9.57. The Morgan fingerprint density at radius 3 is 1.49 bits per heavy atom. The maximum Gasteiger partial charge on any atom is 0.338 e. The van der Waals surface area contributed by atoms with Gasteiger partial charge in [0.25, 0.3) is 0 Å². The molecule has 0 radical (unpaired) electrons. The highest BCUT2D eigenvalue weighted by molar-refractivity contribution is 5.89. The number of ether oxygens (including phenoxy) is 2. The van der Waals surface area contributed by atoms with Crippen LogP contribution < -0.4 is 9.47 Å². The van der Waals surface area contributed by atoms with Crippen molar-refractivity contribution in [3.05, 3.63) is 119 Å². The van der Waals surface area contributed by atoms with Crippen molar-refractivity contribution in [3.63, 3.8) is 0 Å². The fraction of sp³-hybridized carbons (Fsp3) is 0.0667. The number of carbonyl (C=O) groups is 2. The molecule has 0 N–H and O–H groups in total. The van der Waals surface area contributed by atoms with Gasteiger partial charge in [-0.25, -0.2) is 14.0 Å². The van der Waals surface area contributed by atoms with Crippen LogP contribution in [0.2, 0.25) is 0 Å². The number of rotatable bonds is 4. The molecule has 0 fully saturated rings. The fourth-order valence-electron chi connectivity index (χ4n) is 2.58. The van der Waals surface area contributed by atoms with Crippen molar-refractivity contribution in [1.82, 2.24) is 0 Å². The van der Waals surface area contributed by atoms with Gasteiger partial charge in [0.2, 0.25) is 0 Å². The lowest BCUT2D eigenvalue weighted by Gasteiger charge is -2.03. The molecule has 5 heteroatoms. The molecule has 0 aliphatic heterocycles. The Hall–Kier alpha value is -4.87. The lowest BCUT2D eigenvalue weighted by atomic mass is 10.1. The maximum absolute atomic E-state index is 14.5. The molecule has 0 saturated carbocycles. The molecule has 0 bridgehead atoms. The van der Waals surface area contributed by atoms with E-state index in [-0.39, 0.29) is 5.56 Å². The molecular formula is C30H21FO4. The summed E-state index contributed by atoms with van der Waals surface area (Å²) in [5.41, 5.74) is 2.66. The molecule has 3 aromatic carbocycles. The van der Waals surface area contributed by atoms with Gasteiger partial charge in [0, 0.05) is 27.8 Å². The van der Waals surface area contributed by atoms with E-state index in [1.54, 1.807) is 74.5 Å². The van der Waals surface area contributed by atoms with Gasteiger partial charge in [-0.3, -0.25) is 0 Å². The smallest absolute Gasteiger partial charge is 0.338 e. The van der Waals surface area contributed by atoms with Gasteiger partial charge in [-0.1, -0.05) is 36.8 Å². The van der Waals surface area contributed by atoms with Gasteiger partial charge >= 0.3 is 11.9 Å². The summed E-state index contributed by atoms with van der Waals surface area (Å²) in [6, 6.07) is 17.8. The van der Waals surface area contributed by atoms with E-state index in [0.717, 1.165) is 0 Å². The highest BCUT2D eigenvalue weighted by Crippen LogP contribution is 2.15. The number of hydrogen-bond donors (Lipinski definition) is 0. The fourth-order valence-corrected chi connectivity index (χ4v) is 2.58. The molecule has 0 spiro atoms. The van der Waals surface area contributed by atoms with Crippen molar-refractivity contribution < 1.29 is 23.5 Å². The zero-order valence-corrected chi connectivity index (χ0v) is 19.3. The van der Waals surface area contributed by atoms with Gasteiger partial charge in [-0.05, 0) is 80.6 Å². The van der Waals surface area contributed by atoms with Crippen molar-refractivity contribution in [2.45, 2.75) is 13.8 Å². The summed E-state index contributed by atoms with van der Waals surface area (Å²) in [6.45, 7) is 10.2. The molecule has 35 heavy (non-hydrogen) atoms. The highest BCUT2D eigenvalue weighted by atomic mass is 19.1. The molecule has 4 nitrogen and oxygen atoms in total. The highest BCUT2D eigenvalue weighted by Gasteiger charge is 2.06. The van der Waals surface area contributed by atoms with Crippen molar-refractivity contribution >= 4 is 11.9 Å². The van der Waals surface area contributed by atoms with Crippen LogP contribution in [0.15, 0.2) is 91.0 Å². The Bertz CT molecular complexity index is 1420. The molecule has 0 atom stereocenters. The van der Waals surface area contributed by atoms with Crippen LogP contribution in [0.25, 0.3) is 0 Å². The van der Waals surface area contributed by atoms with Crippen LogP contribution in [0, 0.1) is 29.5 Å². The van der Waals surface area contributed by atoms with Gasteiger partial charge in [0.05, 0.1) is 5.56 Å². The van der Waals surface area contributed by atoms with Crippen LogP contribution in [0.5, 0.6) is 11.5 Å². The number of halogens is 1. The molecule has 0 heterocycles. The van der Waals surface area contributed by atoms with E-state index in [1.807, 2.05) is 0 Å². The second-order valence-corrected chi connectivity index (χ2v) is 7.58. The summed E-state index contributed by atoms with van der Waals surface area (Å²) < 4.78 is 24.8. The van der Waals surface area contributed by atoms with Crippen LogP contribution in [0.1, 0.15) is 36.1 Å². The Morgan fingerprint density at radius 1 is 0.657 bits per heavy atom. The Kier molecular flexibility index (Phi) is 8.01. The predicted octanol–water partition coefficient (Wildman–Crippen LogP) is 5.59. The third kappa shape index (κ3) is 7.32. The van der Waals surface area contributed by atoms with E-state index < -0.39 is 17.8 Å². The first-order chi connectivity index (χ1) is 16.7. The third-order valence-electron chi connectivity index (χ3n) is 4.49. The lowest BCUT2D eigenvalue weighted by molar-refractivity contribution is -0.130. The molecule has 0 unspecified atom stereocenters. The summed E-state index contributed by atoms with van der Waals surface area (Å²) in [7, 11) is 0. The first kappa shape index (κ1) is 24.8. The summed E-state index contributed by atoms with van der Waals surface area (Å²) in [5.74, 6) is 10.8. The van der Waals surface area contributed by atoms with Crippen molar-refractivity contribution in [1.29, 1.82) is 0 Å². The lowest BCUT2D eigenvalue weighted by Crippen LogP contribution is -2.07. The van der Waals surface area contributed by atoms with E-state index in [9.17, 15) is 14.0 Å². The topological polar surface area (TPSA) is 52.6 Å². The van der Waals surface area contributed by atoms with E-state index in [4.69, 9.17) is 9.47 Å². The molecule has 0 amide bonds. The first-order valence-electron chi connectivity index (χ1n) is 10.5. The van der Waals surface area contributed by atoms with Crippen LogP contribution in [-0.4, -0.2) is 11.9 Å². The first-order valence-corrected chi connectivity index (χ1v) is 10.5. The summed E-state index contributed by atoms with van der Waals surface area (Å²) in [4.78, 5) is 23.1. The largest absolute Gasteiger partial charge is 0.423 e. The van der Waals surface area contributed by atoms with Crippen molar-refractivity contribution in [3.8, 4) is 35.2 Å². The van der Waals surface area contributed by atoms with E-state index in [1.165, 1.54) is 6.07 Å². The molecule has 0 aliphatic rings. The monoisotopic (exact) mass is 464 g/mol. The van der Waals surface area contributed by atoms with E-state index in [0.29, 0.717) is 39.3 Å². The minimum atomic E-state index is -0.504. The average molecular weight is 464 g/mol. The summed E-state index contributed by atoms with van der Waals surface area (Å²) in [5, 5.41) is 0. The summed E-state index contributed by atoms with van der Waals surface area (Å²) >= 11 is 0. The van der Waals surface area contributed by atoms with Crippen molar-refractivity contribution in [2.75, 3.05) is 0 Å².